The fourth-order valence-electron chi connectivity index (χ4n) is 7.11. The van der Waals surface area contributed by atoms with Gasteiger partial charge in [-0.1, -0.05) is 44.0 Å². The van der Waals surface area contributed by atoms with Crippen LogP contribution in [-0.2, 0) is 9.59 Å². The number of aromatic nitrogens is 8. The van der Waals surface area contributed by atoms with Crippen molar-refractivity contribution in [3.8, 4) is 22.8 Å². The van der Waals surface area contributed by atoms with Crippen molar-refractivity contribution in [2.24, 2.45) is 5.92 Å². The maximum Gasteiger partial charge on any atom is 0.225 e. The largest absolute Gasteiger partial charge is 0.363 e. The van der Waals surface area contributed by atoms with Gasteiger partial charge in [0.1, 0.15) is 11.3 Å². The second-order valence-corrected chi connectivity index (χ2v) is 15.3. The van der Waals surface area contributed by atoms with Gasteiger partial charge in [-0.25, -0.2) is 38.7 Å². The van der Waals surface area contributed by atoms with E-state index in [-0.39, 0.29) is 41.5 Å². The first kappa shape index (κ1) is 39.7. The van der Waals surface area contributed by atoms with Gasteiger partial charge in [0.15, 0.2) is 34.9 Å². The number of amides is 2. The highest BCUT2D eigenvalue weighted by Crippen LogP contribution is 2.30. The molecule has 57 heavy (non-hydrogen) atoms. The Hall–Kier alpha value is -5.48. The molecule has 0 saturated carbocycles. The zero-order chi connectivity index (χ0) is 40.2. The summed E-state index contributed by atoms with van der Waals surface area (Å²) >= 11 is 12.1. The Morgan fingerprint density at radius 1 is 0.772 bits per heavy atom. The summed E-state index contributed by atoms with van der Waals surface area (Å²) in [5, 5.41) is 8.84. The van der Waals surface area contributed by atoms with Gasteiger partial charge in [0.2, 0.25) is 11.8 Å². The number of rotatable bonds is 8. The van der Waals surface area contributed by atoms with Gasteiger partial charge in [-0.3, -0.25) is 9.59 Å². The van der Waals surface area contributed by atoms with Crippen LogP contribution in [0.2, 0.25) is 10.0 Å². The summed E-state index contributed by atoms with van der Waals surface area (Å²) in [6, 6.07) is 3.42. The molecule has 0 bridgehead atoms. The molecule has 2 fully saturated rings. The van der Waals surface area contributed by atoms with Crippen LogP contribution in [0.25, 0.3) is 44.8 Å². The van der Waals surface area contributed by atoms with E-state index < -0.39 is 11.6 Å². The summed E-state index contributed by atoms with van der Waals surface area (Å²) in [7, 11) is 0. The number of H-pyrrole nitrogens is 2. The molecule has 6 aromatic heterocycles. The minimum atomic E-state index is -0.531. The standard InChI is InChI=1S/C20H22ClFN6O.C19H20ClFN6O/c1-11(2)20(29)28-5-3-4-13(10-28)26-19-16(22)9-25-18(27-19)15-8-24-17-14(15)6-12(21)7-23-17;1-2-16(28)27-5-3-4-12(10-27)25-19-15(21)9-24-18(26-19)14-8-23-17-13(14)6-11(20)7-22-17/h6-9,11,13H,3-5,10H2,1-2H3,(H,23,24)(H,25,26,27);6-9,12H,2-5,10H2,1H3,(H,22,23)(H,24,25,26)/t13-;12-/m00/s1. The molecule has 298 valence electrons. The molecule has 0 aromatic carbocycles. The number of aromatic amines is 2. The number of carbonyl (C=O) groups excluding carboxylic acids is 2. The van der Waals surface area contributed by atoms with Crippen LogP contribution in [0, 0.1) is 17.6 Å². The summed E-state index contributed by atoms with van der Waals surface area (Å²) in [6.45, 7) is 8.16. The molecule has 2 amide bonds. The maximum absolute atomic E-state index is 14.4. The number of nitrogens with zero attached hydrogens (tertiary/aromatic N) is 8. The highest BCUT2D eigenvalue weighted by Gasteiger charge is 2.27. The van der Waals surface area contributed by atoms with Gasteiger partial charge in [0, 0.05) is 97.3 Å². The first-order valence-corrected chi connectivity index (χ1v) is 19.6. The molecule has 0 unspecified atom stereocenters. The molecular formula is C39H42Cl2F2N12O2. The Morgan fingerprint density at radius 3 is 1.72 bits per heavy atom. The number of nitrogens with one attached hydrogen (secondary N) is 4. The van der Waals surface area contributed by atoms with Crippen LogP contribution in [0.1, 0.15) is 52.9 Å². The number of carbonyl (C=O) groups is 2. The summed E-state index contributed by atoms with van der Waals surface area (Å²) in [6.07, 6.45) is 12.8. The monoisotopic (exact) mass is 818 g/mol. The van der Waals surface area contributed by atoms with Crippen molar-refractivity contribution in [1.29, 1.82) is 0 Å². The topological polar surface area (TPSA) is 174 Å². The average molecular weight is 820 g/mol. The van der Waals surface area contributed by atoms with E-state index in [0.29, 0.717) is 63.6 Å². The lowest BCUT2D eigenvalue weighted by Crippen LogP contribution is -2.46. The van der Waals surface area contributed by atoms with Gasteiger partial charge in [-0.05, 0) is 37.8 Å². The molecule has 8 rings (SSSR count). The molecular weight excluding hydrogens is 777 g/mol. The van der Waals surface area contributed by atoms with E-state index in [0.717, 1.165) is 61.9 Å². The van der Waals surface area contributed by atoms with Crippen LogP contribution in [0.5, 0.6) is 0 Å². The van der Waals surface area contributed by atoms with Crippen molar-refractivity contribution in [3.05, 3.63) is 71.0 Å². The lowest BCUT2D eigenvalue weighted by atomic mass is 10.0. The van der Waals surface area contributed by atoms with E-state index in [4.69, 9.17) is 23.2 Å². The quantitative estimate of drug-likeness (QED) is 0.121. The number of anilines is 2. The minimum Gasteiger partial charge on any atom is -0.363 e. The molecule has 18 heteroatoms. The van der Waals surface area contributed by atoms with Crippen LogP contribution in [0.15, 0.2) is 49.3 Å². The number of fused-ring (bicyclic) bond motifs is 2. The molecule has 8 heterocycles. The Balaban J connectivity index is 0.000000174. The first-order valence-electron chi connectivity index (χ1n) is 18.9. The number of hydrogen-bond acceptors (Lipinski definition) is 10. The second kappa shape index (κ2) is 17.3. The van der Waals surface area contributed by atoms with Crippen molar-refractivity contribution in [2.75, 3.05) is 36.8 Å². The summed E-state index contributed by atoms with van der Waals surface area (Å²) < 4.78 is 28.8. The lowest BCUT2D eigenvalue weighted by molar-refractivity contribution is -0.135. The van der Waals surface area contributed by atoms with Crippen molar-refractivity contribution in [1.82, 2.24) is 49.7 Å². The zero-order valence-electron chi connectivity index (χ0n) is 31.6. The van der Waals surface area contributed by atoms with E-state index in [1.54, 1.807) is 36.9 Å². The number of piperidine rings is 2. The van der Waals surface area contributed by atoms with Crippen LogP contribution in [-0.4, -0.2) is 99.7 Å². The van der Waals surface area contributed by atoms with Gasteiger partial charge < -0.3 is 30.4 Å². The summed E-state index contributed by atoms with van der Waals surface area (Å²) in [5.41, 5.74) is 2.70. The Kier molecular flexibility index (Phi) is 12.1. The number of pyridine rings is 2. The third-order valence-electron chi connectivity index (χ3n) is 9.95. The number of hydrogen-bond donors (Lipinski definition) is 4. The van der Waals surface area contributed by atoms with Gasteiger partial charge >= 0.3 is 0 Å². The Labute approximate surface area is 337 Å². The van der Waals surface area contributed by atoms with Crippen molar-refractivity contribution in [2.45, 2.75) is 65.0 Å². The molecule has 0 radical (unpaired) electrons. The van der Waals surface area contributed by atoms with E-state index in [1.807, 2.05) is 30.6 Å². The third-order valence-corrected chi connectivity index (χ3v) is 10.4. The predicted octanol–water partition coefficient (Wildman–Crippen LogP) is 7.50. The van der Waals surface area contributed by atoms with Gasteiger partial charge in [-0.2, -0.15) is 0 Å². The number of halogens is 4. The van der Waals surface area contributed by atoms with Crippen LogP contribution in [0.3, 0.4) is 0 Å². The fraction of sp³-hybridized carbons (Fsp3) is 0.385. The zero-order valence-corrected chi connectivity index (χ0v) is 33.1. The maximum atomic E-state index is 14.4. The molecule has 2 atom stereocenters. The highest BCUT2D eigenvalue weighted by atomic mass is 35.5. The Morgan fingerprint density at radius 2 is 1.25 bits per heavy atom. The van der Waals surface area contributed by atoms with E-state index >= 15 is 0 Å². The minimum absolute atomic E-state index is 0.0550. The third kappa shape index (κ3) is 9.07. The van der Waals surface area contributed by atoms with Crippen molar-refractivity contribution in [3.63, 3.8) is 0 Å². The molecule has 14 nitrogen and oxygen atoms in total. The smallest absolute Gasteiger partial charge is 0.225 e. The number of likely N-dealkylation sites (tertiary alicyclic amines) is 2. The molecule has 0 aliphatic carbocycles. The van der Waals surface area contributed by atoms with Crippen LogP contribution >= 0.6 is 23.2 Å². The molecule has 0 spiro atoms. The van der Waals surface area contributed by atoms with Gasteiger partial charge in [0.25, 0.3) is 0 Å². The molecule has 4 N–H and O–H groups in total. The SMILES string of the molecule is CC(C)C(=O)N1CCC[C@H](Nc2nc(-c3c[nH]c4ncc(Cl)cc34)ncc2F)C1.CCC(=O)N1CCC[C@H](Nc2nc(-c3c[nH]c4ncc(Cl)cc34)ncc2F)C1. The molecule has 2 aliphatic heterocycles. The predicted molar refractivity (Wildman–Crippen MR) is 216 cm³/mol. The van der Waals surface area contributed by atoms with Crippen LogP contribution < -0.4 is 10.6 Å². The lowest BCUT2D eigenvalue weighted by Gasteiger charge is -2.34. The second-order valence-electron chi connectivity index (χ2n) is 14.4. The van der Waals surface area contributed by atoms with Crippen molar-refractivity contribution >= 4 is 68.7 Å². The van der Waals surface area contributed by atoms with Gasteiger partial charge in [0.05, 0.1) is 22.4 Å². The van der Waals surface area contributed by atoms with Crippen LogP contribution in [0.4, 0.5) is 20.4 Å². The molecule has 2 aliphatic rings. The van der Waals surface area contributed by atoms with E-state index in [1.165, 1.54) is 0 Å². The fourth-order valence-corrected chi connectivity index (χ4v) is 7.43. The summed E-state index contributed by atoms with van der Waals surface area (Å²) in [4.78, 5) is 59.5. The van der Waals surface area contributed by atoms with Crippen molar-refractivity contribution < 1.29 is 18.4 Å². The molecule has 2 saturated heterocycles. The average Bonchev–Trinajstić information content (AvgIpc) is 3.83. The normalized spacial score (nSPS) is 17.1. The Bertz CT molecular complexity index is 2410. The molecule has 6 aromatic rings. The van der Waals surface area contributed by atoms with Gasteiger partial charge in [-0.15, -0.1) is 0 Å². The first-order chi connectivity index (χ1) is 27.5. The highest BCUT2D eigenvalue weighted by molar-refractivity contribution is 6.31. The summed E-state index contributed by atoms with van der Waals surface area (Å²) in [5.74, 6) is 0.108. The van der Waals surface area contributed by atoms with E-state index in [9.17, 15) is 18.4 Å². The van der Waals surface area contributed by atoms with E-state index in [2.05, 4.69) is 50.5 Å².